The van der Waals surface area contributed by atoms with Gasteiger partial charge < -0.3 is 15.0 Å². The van der Waals surface area contributed by atoms with E-state index in [2.05, 4.69) is 5.32 Å². The fourth-order valence-corrected chi connectivity index (χ4v) is 5.50. The SMILES string of the molecule is COc1ccc(N(CC(=O)N(Cc2ccccc2C)[C@@H](Cc2ccccc2)C(=O)NC(C)(C)C)S(C)(=O)=O)cc1Cl. The minimum atomic E-state index is -3.91. The van der Waals surface area contributed by atoms with E-state index in [0.717, 1.165) is 27.3 Å². The molecule has 0 saturated heterocycles. The Kier molecular flexibility index (Phi) is 10.4. The summed E-state index contributed by atoms with van der Waals surface area (Å²) in [6.07, 6.45) is 1.27. The van der Waals surface area contributed by atoms with Crippen molar-refractivity contribution in [1.29, 1.82) is 0 Å². The van der Waals surface area contributed by atoms with E-state index in [-0.39, 0.29) is 29.6 Å². The lowest BCUT2D eigenvalue weighted by atomic mass is 10.00. The van der Waals surface area contributed by atoms with Gasteiger partial charge in [0, 0.05) is 18.5 Å². The van der Waals surface area contributed by atoms with E-state index >= 15 is 0 Å². The molecule has 0 aliphatic rings. The van der Waals surface area contributed by atoms with Crippen LogP contribution < -0.4 is 14.4 Å². The number of sulfonamides is 1. The molecule has 0 aliphatic heterocycles. The number of hydrogen-bond donors (Lipinski definition) is 1. The molecule has 0 bridgehead atoms. The van der Waals surface area contributed by atoms with Crippen LogP contribution in [-0.4, -0.2) is 56.6 Å². The molecule has 220 valence electrons. The number of nitrogens with one attached hydrogen (secondary N) is 1. The summed E-state index contributed by atoms with van der Waals surface area (Å²) in [4.78, 5) is 29.4. The van der Waals surface area contributed by atoms with Gasteiger partial charge in [-0.1, -0.05) is 66.2 Å². The van der Waals surface area contributed by atoms with Crippen LogP contribution >= 0.6 is 11.6 Å². The Morgan fingerprint density at radius 2 is 1.63 bits per heavy atom. The summed E-state index contributed by atoms with van der Waals surface area (Å²) < 4.78 is 32.1. The smallest absolute Gasteiger partial charge is 0.244 e. The highest BCUT2D eigenvalue weighted by Crippen LogP contribution is 2.30. The Balaban J connectivity index is 2.09. The number of anilines is 1. The summed E-state index contributed by atoms with van der Waals surface area (Å²) in [6, 6.07) is 20.6. The van der Waals surface area contributed by atoms with E-state index in [1.807, 2.05) is 82.3 Å². The minimum absolute atomic E-state index is 0.113. The van der Waals surface area contributed by atoms with Crippen molar-refractivity contribution in [3.63, 3.8) is 0 Å². The number of methoxy groups -OCH3 is 1. The van der Waals surface area contributed by atoms with Gasteiger partial charge in [0.1, 0.15) is 18.3 Å². The predicted molar refractivity (Wildman–Crippen MR) is 164 cm³/mol. The Labute approximate surface area is 248 Å². The number of benzene rings is 3. The van der Waals surface area contributed by atoms with Gasteiger partial charge in [-0.15, -0.1) is 0 Å². The van der Waals surface area contributed by atoms with Crippen LogP contribution in [0.25, 0.3) is 0 Å². The standard InChI is InChI=1S/C31H38ClN3O5S/c1-22-12-10-11-15-24(22)20-34(27(30(37)33-31(2,3)4)18-23-13-8-7-9-14-23)29(36)21-35(41(6,38)39)25-16-17-28(40-5)26(32)19-25/h7-17,19,27H,18,20-21H2,1-6H3,(H,33,37)/t27-/m0/s1. The summed E-state index contributed by atoms with van der Waals surface area (Å²) in [5, 5.41) is 3.22. The molecule has 3 aromatic carbocycles. The number of carbonyl (C=O) groups excluding carboxylic acids is 2. The molecular weight excluding hydrogens is 562 g/mol. The van der Waals surface area contributed by atoms with Crippen LogP contribution in [0.15, 0.2) is 72.8 Å². The van der Waals surface area contributed by atoms with Crippen molar-refractivity contribution >= 4 is 39.1 Å². The first-order valence-electron chi connectivity index (χ1n) is 13.2. The molecule has 3 aromatic rings. The average Bonchev–Trinajstić information content (AvgIpc) is 2.89. The second kappa shape index (κ2) is 13.4. The fourth-order valence-electron chi connectivity index (χ4n) is 4.40. The largest absolute Gasteiger partial charge is 0.495 e. The molecule has 0 aromatic heterocycles. The van der Waals surface area contributed by atoms with Crippen molar-refractivity contribution in [3.05, 3.63) is 94.5 Å². The number of aryl methyl sites for hydroxylation is 1. The van der Waals surface area contributed by atoms with Gasteiger partial charge in [0.25, 0.3) is 0 Å². The van der Waals surface area contributed by atoms with Crippen LogP contribution in [0.5, 0.6) is 5.75 Å². The molecule has 41 heavy (non-hydrogen) atoms. The van der Waals surface area contributed by atoms with E-state index < -0.39 is 34.1 Å². The first-order valence-corrected chi connectivity index (χ1v) is 15.4. The third-order valence-corrected chi connectivity index (χ3v) is 7.91. The third kappa shape index (κ3) is 8.96. The zero-order valence-corrected chi connectivity index (χ0v) is 25.9. The van der Waals surface area contributed by atoms with Crippen molar-refractivity contribution in [2.75, 3.05) is 24.2 Å². The molecule has 8 nitrogen and oxygen atoms in total. The van der Waals surface area contributed by atoms with Crippen LogP contribution in [0.4, 0.5) is 5.69 Å². The predicted octanol–water partition coefficient (Wildman–Crippen LogP) is 4.98. The molecule has 0 radical (unpaired) electrons. The highest BCUT2D eigenvalue weighted by atomic mass is 35.5. The maximum atomic E-state index is 14.2. The normalized spacial score (nSPS) is 12.4. The summed E-state index contributed by atoms with van der Waals surface area (Å²) in [7, 11) is -2.46. The maximum Gasteiger partial charge on any atom is 0.244 e. The van der Waals surface area contributed by atoms with Crippen LogP contribution in [0, 0.1) is 6.92 Å². The Morgan fingerprint density at radius 3 is 2.20 bits per heavy atom. The van der Waals surface area contributed by atoms with Crippen molar-refractivity contribution < 1.29 is 22.7 Å². The molecule has 0 heterocycles. The Hall–Kier alpha value is -3.56. The van der Waals surface area contributed by atoms with Crippen molar-refractivity contribution in [3.8, 4) is 5.75 Å². The average molecular weight is 600 g/mol. The molecule has 1 atom stereocenters. The van der Waals surface area contributed by atoms with Crippen molar-refractivity contribution in [1.82, 2.24) is 10.2 Å². The Bertz CT molecular complexity index is 1470. The van der Waals surface area contributed by atoms with E-state index in [4.69, 9.17) is 16.3 Å². The van der Waals surface area contributed by atoms with Crippen LogP contribution in [0.3, 0.4) is 0 Å². The molecule has 0 aliphatic carbocycles. The van der Waals surface area contributed by atoms with Gasteiger partial charge in [-0.2, -0.15) is 0 Å². The molecule has 0 saturated carbocycles. The number of carbonyl (C=O) groups is 2. The summed E-state index contributed by atoms with van der Waals surface area (Å²) in [5.74, 6) is -0.490. The lowest BCUT2D eigenvalue weighted by Gasteiger charge is -2.35. The molecule has 0 spiro atoms. The molecule has 10 heteroatoms. The van der Waals surface area contributed by atoms with Gasteiger partial charge in [-0.25, -0.2) is 8.42 Å². The van der Waals surface area contributed by atoms with E-state index in [0.29, 0.717) is 5.75 Å². The highest BCUT2D eigenvalue weighted by molar-refractivity contribution is 7.92. The molecule has 0 fully saturated rings. The second-order valence-corrected chi connectivity index (χ2v) is 13.3. The number of nitrogens with zero attached hydrogens (tertiary/aromatic N) is 2. The fraction of sp³-hybridized carbons (Fsp3) is 0.355. The molecule has 2 amide bonds. The van der Waals surface area contributed by atoms with Crippen LogP contribution in [0.1, 0.15) is 37.5 Å². The van der Waals surface area contributed by atoms with Gasteiger partial charge in [0.05, 0.1) is 24.1 Å². The molecule has 1 N–H and O–H groups in total. The molecule has 0 unspecified atom stereocenters. The van der Waals surface area contributed by atoms with Gasteiger partial charge in [0.2, 0.25) is 21.8 Å². The summed E-state index contributed by atoms with van der Waals surface area (Å²) >= 11 is 6.30. The number of hydrogen-bond acceptors (Lipinski definition) is 5. The van der Waals surface area contributed by atoms with Gasteiger partial charge in [-0.3, -0.25) is 13.9 Å². The van der Waals surface area contributed by atoms with Gasteiger partial charge in [-0.05, 0) is 62.6 Å². The monoisotopic (exact) mass is 599 g/mol. The Morgan fingerprint density at radius 1 is 1.00 bits per heavy atom. The summed E-state index contributed by atoms with van der Waals surface area (Å²) in [6.45, 7) is 7.13. The van der Waals surface area contributed by atoms with Gasteiger partial charge in [0.15, 0.2) is 0 Å². The van der Waals surface area contributed by atoms with E-state index in [9.17, 15) is 18.0 Å². The maximum absolute atomic E-state index is 14.2. The molecule has 3 rings (SSSR count). The first kappa shape index (κ1) is 32.0. The van der Waals surface area contributed by atoms with Crippen molar-refractivity contribution in [2.45, 2.75) is 52.2 Å². The second-order valence-electron chi connectivity index (χ2n) is 11.0. The number of rotatable bonds is 11. The van der Waals surface area contributed by atoms with Crippen LogP contribution in [0.2, 0.25) is 5.02 Å². The summed E-state index contributed by atoms with van der Waals surface area (Å²) in [5.41, 5.74) is 2.32. The zero-order valence-electron chi connectivity index (χ0n) is 24.3. The van der Waals surface area contributed by atoms with Crippen molar-refractivity contribution in [2.24, 2.45) is 0 Å². The minimum Gasteiger partial charge on any atom is -0.495 e. The number of halogens is 1. The van der Waals surface area contributed by atoms with E-state index in [1.165, 1.54) is 24.1 Å². The highest BCUT2D eigenvalue weighted by Gasteiger charge is 2.34. The number of ether oxygens (including phenoxy) is 1. The molecular formula is C31H38ClN3O5S. The number of amides is 2. The van der Waals surface area contributed by atoms with Crippen LogP contribution in [-0.2, 0) is 32.6 Å². The third-order valence-electron chi connectivity index (χ3n) is 6.47. The lowest BCUT2D eigenvalue weighted by molar-refractivity contribution is -0.140. The lowest BCUT2D eigenvalue weighted by Crippen LogP contribution is -2.56. The first-order chi connectivity index (χ1) is 19.2. The zero-order chi connectivity index (χ0) is 30.4. The quantitative estimate of drug-likeness (QED) is 0.335. The topological polar surface area (TPSA) is 96.0 Å². The van der Waals surface area contributed by atoms with E-state index in [1.54, 1.807) is 6.07 Å². The van der Waals surface area contributed by atoms with Gasteiger partial charge >= 0.3 is 0 Å².